The molecule has 0 radical (unpaired) electrons. The van der Waals surface area contributed by atoms with E-state index in [1.54, 1.807) is 0 Å². The summed E-state index contributed by atoms with van der Waals surface area (Å²) in [5, 5.41) is 11.8. The largest absolute Gasteiger partial charge is 0.494 e. The van der Waals surface area contributed by atoms with Crippen molar-refractivity contribution in [2.75, 3.05) is 20.8 Å². The quantitative estimate of drug-likeness (QED) is 0.798. The SMILES string of the molecule is COCCC(NC(=O)c1cc(Cl)c(OC)c(Cl)c1)C(=O)O. The molecule has 0 spiro atoms. The summed E-state index contributed by atoms with van der Waals surface area (Å²) in [6.07, 6.45) is 0.148. The van der Waals surface area contributed by atoms with Crippen molar-refractivity contribution in [3.8, 4) is 5.75 Å². The molecule has 0 aromatic heterocycles. The number of hydrogen-bond donors (Lipinski definition) is 2. The molecule has 1 aromatic rings. The highest BCUT2D eigenvalue weighted by atomic mass is 35.5. The van der Waals surface area contributed by atoms with Crippen molar-refractivity contribution in [2.24, 2.45) is 0 Å². The first kappa shape index (κ1) is 17.6. The molecule has 0 aliphatic carbocycles. The lowest BCUT2D eigenvalue weighted by Crippen LogP contribution is -2.41. The summed E-state index contributed by atoms with van der Waals surface area (Å²) in [6.45, 7) is 0.210. The van der Waals surface area contributed by atoms with E-state index in [2.05, 4.69) is 5.32 Å². The lowest BCUT2D eigenvalue weighted by Gasteiger charge is -2.15. The topological polar surface area (TPSA) is 84.9 Å². The normalized spacial score (nSPS) is 11.8. The van der Waals surface area contributed by atoms with Crippen LogP contribution in [-0.2, 0) is 9.53 Å². The van der Waals surface area contributed by atoms with E-state index in [1.165, 1.54) is 26.4 Å². The van der Waals surface area contributed by atoms with Gasteiger partial charge in [0.25, 0.3) is 5.91 Å². The van der Waals surface area contributed by atoms with Crippen molar-refractivity contribution in [3.05, 3.63) is 27.7 Å². The van der Waals surface area contributed by atoms with Crippen LogP contribution in [0.3, 0.4) is 0 Å². The highest BCUT2D eigenvalue weighted by Crippen LogP contribution is 2.33. The van der Waals surface area contributed by atoms with E-state index in [0.29, 0.717) is 0 Å². The molecule has 21 heavy (non-hydrogen) atoms. The van der Waals surface area contributed by atoms with Crippen LogP contribution in [0.1, 0.15) is 16.8 Å². The van der Waals surface area contributed by atoms with Gasteiger partial charge in [-0.05, 0) is 12.1 Å². The predicted molar refractivity (Wildman–Crippen MR) is 78.4 cm³/mol. The number of amides is 1. The molecule has 0 saturated carbocycles. The van der Waals surface area contributed by atoms with Gasteiger partial charge in [-0.2, -0.15) is 0 Å². The summed E-state index contributed by atoms with van der Waals surface area (Å²) in [4.78, 5) is 23.1. The first-order chi connectivity index (χ1) is 9.90. The number of rotatable bonds is 7. The molecule has 0 aliphatic heterocycles. The van der Waals surface area contributed by atoms with Crippen LogP contribution in [0.4, 0.5) is 0 Å². The number of benzene rings is 1. The molecule has 2 N–H and O–H groups in total. The Morgan fingerprint density at radius 2 is 1.86 bits per heavy atom. The fourth-order valence-corrected chi connectivity index (χ4v) is 2.26. The number of carbonyl (C=O) groups excluding carboxylic acids is 1. The first-order valence-electron chi connectivity index (χ1n) is 5.96. The molecule has 1 amide bonds. The second-order valence-corrected chi connectivity index (χ2v) is 4.93. The number of carboxylic acids is 1. The molecule has 1 aromatic carbocycles. The molecule has 116 valence electrons. The zero-order valence-corrected chi connectivity index (χ0v) is 13.0. The average Bonchev–Trinajstić information content (AvgIpc) is 2.42. The summed E-state index contributed by atoms with van der Waals surface area (Å²) in [5.41, 5.74) is 0.148. The Balaban J connectivity index is 2.90. The Kier molecular flexibility index (Phi) is 6.74. The van der Waals surface area contributed by atoms with E-state index in [9.17, 15) is 9.59 Å². The standard InChI is InChI=1S/C13H15Cl2NO5/c1-20-4-3-10(13(18)19)16-12(17)7-5-8(14)11(21-2)9(15)6-7/h5-6,10H,3-4H2,1-2H3,(H,16,17)(H,18,19). The van der Waals surface area contributed by atoms with Gasteiger partial charge in [0.1, 0.15) is 6.04 Å². The van der Waals surface area contributed by atoms with Crippen LogP contribution in [0.15, 0.2) is 12.1 Å². The van der Waals surface area contributed by atoms with Gasteiger partial charge >= 0.3 is 5.97 Å². The minimum Gasteiger partial charge on any atom is -0.494 e. The highest BCUT2D eigenvalue weighted by Gasteiger charge is 2.21. The number of halogens is 2. The van der Waals surface area contributed by atoms with Gasteiger partial charge in [-0.3, -0.25) is 4.79 Å². The Labute approximate surface area is 131 Å². The van der Waals surface area contributed by atoms with Gasteiger partial charge in [-0.25, -0.2) is 4.79 Å². The third kappa shape index (κ3) is 4.77. The Morgan fingerprint density at radius 1 is 1.29 bits per heavy atom. The number of ether oxygens (including phenoxy) is 2. The molecular weight excluding hydrogens is 321 g/mol. The van der Waals surface area contributed by atoms with Crippen LogP contribution in [0.5, 0.6) is 5.75 Å². The zero-order chi connectivity index (χ0) is 16.0. The van der Waals surface area contributed by atoms with E-state index in [-0.39, 0.29) is 34.4 Å². The van der Waals surface area contributed by atoms with Gasteiger partial charge in [0, 0.05) is 25.7 Å². The minimum atomic E-state index is -1.15. The number of methoxy groups -OCH3 is 2. The second-order valence-electron chi connectivity index (χ2n) is 4.12. The average molecular weight is 336 g/mol. The van der Waals surface area contributed by atoms with E-state index >= 15 is 0 Å². The van der Waals surface area contributed by atoms with Gasteiger partial charge < -0.3 is 19.9 Å². The summed E-state index contributed by atoms with van der Waals surface area (Å²) in [6, 6.07) is 1.66. The summed E-state index contributed by atoms with van der Waals surface area (Å²) >= 11 is 11.9. The molecule has 0 aliphatic rings. The van der Waals surface area contributed by atoms with Crippen molar-refractivity contribution in [2.45, 2.75) is 12.5 Å². The van der Waals surface area contributed by atoms with Crippen molar-refractivity contribution in [3.63, 3.8) is 0 Å². The third-order valence-electron chi connectivity index (χ3n) is 2.68. The van der Waals surface area contributed by atoms with Gasteiger partial charge in [0.15, 0.2) is 5.75 Å². The van der Waals surface area contributed by atoms with E-state index in [0.717, 1.165) is 0 Å². The summed E-state index contributed by atoms with van der Waals surface area (Å²) in [7, 11) is 2.85. The van der Waals surface area contributed by atoms with Crippen LogP contribution >= 0.6 is 23.2 Å². The molecule has 0 saturated heterocycles. The van der Waals surface area contributed by atoms with Gasteiger partial charge in [0.2, 0.25) is 0 Å². The first-order valence-corrected chi connectivity index (χ1v) is 6.72. The van der Waals surface area contributed by atoms with Gasteiger partial charge in [0.05, 0.1) is 17.2 Å². The molecule has 8 heteroatoms. The Bertz CT molecular complexity index is 512. The molecule has 6 nitrogen and oxygen atoms in total. The van der Waals surface area contributed by atoms with E-state index in [4.69, 9.17) is 37.8 Å². The Morgan fingerprint density at radius 3 is 2.29 bits per heavy atom. The third-order valence-corrected chi connectivity index (χ3v) is 3.24. The number of carbonyl (C=O) groups is 2. The van der Waals surface area contributed by atoms with Crippen molar-refractivity contribution < 1.29 is 24.2 Å². The van der Waals surface area contributed by atoms with Crippen molar-refractivity contribution in [1.29, 1.82) is 0 Å². The monoisotopic (exact) mass is 335 g/mol. The van der Waals surface area contributed by atoms with Crippen molar-refractivity contribution in [1.82, 2.24) is 5.32 Å². The molecule has 0 fully saturated rings. The van der Waals surface area contributed by atoms with E-state index < -0.39 is 17.9 Å². The molecular formula is C13H15Cl2NO5. The Hall–Kier alpha value is -1.50. The minimum absolute atomic E-state index is 0.148. The number of carboxylic acid groups (broad SMARTS) is 1. The summed E-state index contributed by atoms with van der Waals surface area (Å²) < 4.78 is 9.78. The zero-order valence-electron chi connectivity index (χ0n) is 11.5. The predicted octanol–water partition coefficient (Wildman–Crippen LogP) is 2.22. The number of hydrogen-bond acceptors (Lipinski definition) is 4. The molecule has 0 heterocycles. The molecule has 1 rings (SSSR count). The van der Waals surface area contributed by atoms with E-state index in [1.807, 2.05) is 0 Å². The molecule has 1 unspecified atom stereocenters. The maximum atomic E-state index is 12.1. The van der Waals surface area contributed by atoms with Crippen LogP contribution in [0.2, 0.25) is 10.0 Å². The van der Waals surface area contributed by atoms with Gasteiger partial charge in [-0.1, -0.05) is 23.2 Å². The maximum absolute atomic E-state index is 12.1. The van der Waals surface area contributed by atoms with Crippen molar-refractivity contribution >= 4 is 35.1 Å². The smallest absolute Gasteiger partial charge is 0.326 e. The fourth-order valence-electron chi connectivity index (χ4n) is 1.62. The lowest BCUT2D eigenvalue weighted by molar-refractivity contribution is -0.139. The van der Waals surface area contributed by atoms with Crippen LogP contribution in [0, 0.1) is 0 Å². The maximum Gasteiger partial charge on any atom is 0.326 e. The van der Waals surface area contributed by atoms with Gasteiger partial charge in [-0.15, -0.1) is 0 Å². The molecule has 0 bridgehead atoms. The molecule has 1 atom stereocenters. The van der Waals surface area contributed by atoms with Crippen LogP contribution in [-0.4, -0.2) is 43.9 Å². The fraction of sp³-hybridized carbons (Fsp3) is 0.385. The summed E-state index contributed by atoms with van der Waals surface area (Å²) in [5.74, 6) is -1.49. The second kappa shape index (κ2) is 8.07. The highest BCUT2D eigenvalue weighted by molar-refractivity contribution is 6.37. The number of aliphatic carboxylic acids is 1. The van der Waals surface area contributed by atoms with Crippen LogP contribution < -0.4 is 10.1 Å². The number of nitrogens with one attached hydrogen (secondary N) is 1. The van der Waals surface area contributed by atoms with Crippen LogP contribution in [0.25, 0.3) is 0 Å². The lowest BCUT2D eigenvalue weighted by atomic mass is 10.1.